The lowest BCUT2D eigenvalue weighted by molar-refractivity contribution is -0.113. The van der Waals surface area contributed by atoms with Gasteiger partial charge in [0.15, 0.2) is 11.5 Å². The normalized spacial score (nSPS) is 10.8. The van der Waals surface area contributed by atoms with Gasteiger partial charge in [-0.15, -0.1) is 21.5 Å². The number of rotatable bonds is 7. The Morgan fingerprint density at radius 1 is 1.13 bits per heavy atom. The molecule has 10 heteroatoms. The van der Waals surface area contributed by atoms with Crippen LogP contribution < -0.4 is 5.32 Å². The summed E-state index contributed by atoms with van der Waals surface area (Å²) in [5.74, 6) is 0.305. The van der Waals surface area contributed by atoms with Crippen LogP contribution in [0.25, 0.3) is 16.3 Å². The first-order valence-electron chi connectivity index (χ1n) is 9.10. The number of amides is 1. The van der Waals surface area contributed by atoms with Crippen molar-refractivity contribution in [3.8, 4) is 10.7 Å². The van der Waals surface area contributed by atoms with Crippen molar-refractivity contribution in [2.75, 3.05) is 17.7 Å². The highest BCUT2D eigenvalue weighted by molar-refractivity contribution is 7.99. The molecule has 0 fully saturated rings. The fourth-order valence-electron chi connectivity index (χ4n) is 2.65. The highest BCUT2D eigenvalue weighted by Gasteiger charge is 2.12. The Bertz CT molecular complexity index is 1170. The van der Waals surface area contributed by atoms with E-state index in [1.54, 1.807) is 47.0 Å². The zero-order valence-electron chi connectivity index (χ0n) is 15.9. The molecule has 0 aliphatic carbocycles. The number of aromatic nitrogens is 4. The highest BCUT2D eigenvalue weighted by atomic mass is 32.2. The molecule has 0 saturated heterocycles. The number of thiophene rings is 1. The number of ether oxygens (including phenoxy) is 1. The zero-order chi connectivity index (χ0) is 20.9. The Balaban J connectivity index is 1.38. The number of hydrogen-bond donors (Lipinski definition) is 1. The number of fused-ring (bicyclic) bond motifs is 1. The summed E-state index contributed by atoms with van der Waals surface area (Å²) >= 11 is 2.88. The molecule has 4 rings (SSSR count). The fourth-order valence-corrected chi connectivity index (χ4v) is 4.00. The molecule has 0 unspecified atom stereocenters. The fraction of sp³-hybridized carbons (Fsp3) is 0.150. The van der Waals surface area contributed by atoms with E-state index < -0.39 is 0 Å². The maximum absolute atomic E-state index is 12.3. The average Bonchev–Trinajstić information content (AvgIpc) is 3.42. The lowest BCUT2D eigenvalue weighted by Gasteiger charge is -2.06. The van der Waals surface area contributed by atoms with Gasteiger partial charge >= 0.3 is 5.97 Å². The average molecular weight is 440 g/mol. The Labute approximate surface area is 180 Å². The number of nitrogens with zero attached hydrogens (tertiary/aromatic N) is 4. The van der Waals surface area contributed by atoms with E-state index in [-0.39, 0.29) is 17.6 Å². The van der Waals surface area contributed by atoms with Gasteiger partial charge in [-0.2, -0.15) is 9.61 Å². The number of esters is 1. The molecule has 0 atom stereocenters. The number of carbonyl (C=O) groups is 2. The second kappa shape index (κ2) is 9.06. The SMILES string of the molecule is CCOC(=O)c1ccc(NC(=O)CSc2ccc3nnc(-c4cccs4)n3n2)cc1. The molecule has 1 aromatic carbocycles. The summed E-state index contributed by atoms with van der Waals surface area (Å²) in [7, 11) is 0. The van der Waals surface area contributed by atoms with Crippen molar-refractivity contribution < 1.29 is 14.3 Å². The standard InChI is InChI=1S/C20H17N5O3S2/c1-2-28-20(27)13-5-7-14(8-6-13)21-17(26)12-30-18-10-9-16-22-23-19(25(16)24-18)15-4-3-11-29-15/h3-11H,2,12H2,1H3,(H,21,26). The van der Waals surface area contributed by atoms with E-state index in [0.717, 1.165) is 4.88 Å². The monoisotopic (exact) mass is 439 g/mol. The van der Waals surface area contributed by atoms with Crippen LogP contribution in [0.4, 0.5) is 5.69 Å². The van der Waals surface area contributed by atoms with E-state index in [4.69, 9.17) is 4.74 Å². The maximum atomic E-state index is 12.3. The number of anilines is 1. The molecule has 8 nitrogen and oxygen atoms in total. The van der Waals surface area contributed by atoms with Gasteiger partial charge in [0.1, 0.15) is 5.03 Å². The molecule has 0 saturated carbocycles. The van der Waals surface area contributed by atoms with Gasteiger partial charge in [0, 0.05) is 5.69 Å². The third-order valence-corrected chi connectivity index (χ3v) is 5.80. The molecule has 152 valence electrons. The Morgan fingerprint density at radius 2 is 1.97 bits per heavy atom. The van der Waals surface area contributed by atoms with Crippen LogP contribution in [0.5, 0.6) is 0 Å². The third kappa shape index (κ3) is 4.50. The number of nitrogens with one attached hydrogen (secondary N) is 1. The Kier molecular flexibility index (Phi) is 6.05. The minimum absolute atomic E-state index is 0.173. The maximum Gasteiger partial charge on any atom is 0.338 e. The van der Waals surface area contributed by atoms with Gasteiger partial charge in [-0.1, -0.05) is 17.8 Å². The third-order valence-electron chi connectivity index (χ3n) is 4.01. The van der Waals surface area contributed by atoms with Gasteiger partial charge in [0.05, 0.1) is 22.8 Å². The van der Waals surface area contributed by atoms with E-state index in [9.17, 15) is 9.59 Å². The number of carbonyl (C=O) groups excluding carboxylic acids is 2. The second-order valence-corrected chi connectivity index (χ2v) is 8.02. The van der Waals surface area contributed by atoms with Crippen molar-refractivity contribution >= 4 is 46.3 Å². The van der Waals surface area contributed by atoms with Crippen molar-refractivity contribution in [2.45, 2.75) is 11.9 Å². The van der Waals surface area contributed by atoms with E-state index >= 15 is 0 Å². The summed E-state index contributed by atoms with van der Waals surface area (Å²) in [5.41, 5.74) is 1.70. The van der Waals surface area contributed by atoms with Crippen LogP contribution in [0.3, 0.4) is 0 Å². The molecule has 0 aliphatic heterocycles. The minimum Gasteiger partial charge on any atom is -0.462 e. The molecule has 0 bridgehead atoms. The molecule has 3 aromatic heterocycles. The first-order valence-corrected chi connectivity index (χ1v) is 11.0. The molecule has 0 spiro atoms. The first-order chi connectivity index (χ1) is 14.6. The molecule has 1 amide bonds. The first kappa shape index (κ1) is 20.0. The predicted molar refractivity (Wildman–Crippen MR) is 116 cm³/mol. The molecule has 0 radical (unpaired) electrons. The summed E-state index contributed by atoms with van der Waals surface area (Å²) in [6, 6.07) is 14.1. The van der Waals surface area contributed by atoms with E-state index in [1.807, 2.05) is 29.6 Å². The number of hydrogen-bond acceptors (Lipinski definition) is 8. The largest absolute Gasteiger partial charge is 0.462 e. The topological polar surface area (TPSA) is 98.5 Å². The lowest BCUT2D eigenvalue weighted by Crippen LogP contribution is -2.14. The van der Waals surface area contributed by atoms with Crippen molar-refractivity contribution in [2.24, 2.45) is 0 Å². The Morgan fingerprint density at radius 3 is 2.70 bits per heavy atom. The van der Waals surface area contributed by atoms with Crippen molar-refractivity contribution in [3.63, 3.8) is 0 Å². The van der Waals surface area contributed by atoms with Crippen LogP contribution in [0, 0.1) is 0 Å². The molecule has 4 aromatic rings. The van der Waals surface area contributed by atoms with Gasteiger partial charge in [-0.05, 0) is 54.8 Å². The molecule has 1 N–H and O–H groups in total. The number of thioether (sulfide) groups is 1. The molecular weight excluding hydrogens is 422 g/mol. The second-order valence-electron chi connectivity index (χ2n) is 6.08. The van der Waals surface area contributed by atoms with E-state index in [1.165, 1.54) is 11.8 Å². The molecule has 3 heterocycles. The quantitative estimate of drug-likeness (QED) is 0.346. The van der Waals surface area contributed by atoms with Gasteiger partial charge in [-0.3, -0.25) is 4.79 Å². The summed E-state index contributed by atoms with van der Waals surface area (Å²) < 4.78 is 6.63. The van der Waals surface area contributed by atoms with Crippen LogP contribution in [0.15, 0.2) is 58.9 Å². The lowest BCUT2D eigenvalue weighted by atomic mass is 10.2. The molecular formula is C20H17N5O3S2. The van der Waals surface area contributed by atoms with Crippen LogP contribution >= 0.6 is 23.1 Å². The van der Waals surface area contributed by atoms with Crippen LogP contribution in [-0.2, 0) is 9.53 Å². The smallest absolute Gasteiger partial charge is 0.338 e. The molecule has 0 aliphatic rings. The van der Waals surface area contributed by atoms with Crippen LogP contribution in [-0.4, -0.2) is 44.0 Å². The van der Waals surface area contributed by atoms with Crippen LogP contribution in [0.1, 0.15) is 17.3 Å². The van der Waals surface area contributed by atoms with Gasteiger partial charge < -0.3 is 10.1 Å². The van der Waals surface area contributed by atoms with Crippen molar-refractivity contribution in [1.82, 2.24) is 19.8 Å². The van der Waals surface area contributed by atoms with Crippen molar-refractivity contribution in [1.29, 1.82) is 0 Å². The molecule has 30 heavy (non-hydrogen) atoms. The predicted octanol–water partition coefficient (Wildman–Crippen LogP) is 3.76. The zero-order valence-corrected chi connectivity index (χ0v) is 17.6. The summed E-state index contributed by atoms with van der Waals surface area (Å²) in [6.45, 7) is 2.07. The van der Waals surface area contributed by atoms with E-state index in [2.05, 4.69) is 20.6 Å². The number of benzene rings is 1. The van der Waals surface area contributed by atoms with Gasteiger partial charge in [-0.25, -0.2) is 4.79 Å². The Hall–Kier alpha value is -3.24. The van der Waals surface area contributed by atoms with Gasteiger partial charge in [0.2, 0.25) is 5.91 Å². The minimum atomic E-state index is -0.386. The van der Waals surface area contributed by atoms with Crippen LogP contribution in [0.2, 0.25) is 0 Å². The van der Waals surface area contributed by atoms with E-state index in [0.29, 0.717) is 34.4 Å². The van der Waals surface area contributed by atoms with Crippen molar-refractivity contribution in [3.05, 3.63) is 59.5 Å². The van der Waals surface area contributed by atoms with Gasteiger partial charge in [0.25, 0.3) is 0 Å². The highest BCUT2D eigenvalue weighted by Crippen LogP contribution is 2.24. The summed E-state index contributed by atoms with van der Waals surface area (Å²) in [5, 5.41) is 18.3. The summed E-state index contributed by atoms with van der Waals surface area (Å²) in [6.07, 6.45) is 0. The summed E-state index contributed by atoms with van der Waals surface area (Å²) in [4.78, 5) is 24.9.